The van der Waals surface area contributed by atoms with Crippen LogP contribution in [0.3, 0.4) is 0 Å². The van der Waals surface area contributed by atoms with Crippen LogP contribution in [0.15, 0.2) is 24.3 Å². The van der Waals surface area contributed by atoms with Crippen LogP contribution in [0, 0.1) is 5.41 Å². The molecule has 1 fully saturated rings. The molecule has 1 aromatic rings. The molecule has 0 amide bonds. The molecule has 5 nitrogen and oxygen atoms in total. The highest BCUT2D eigenvalue weighted by molar-refractivity contribution is 5.70. The number of hydrogen-bond donors (Lipinski definition) is 2. The van der Waals surface area contributed by atoms with E-state index in [1.165, 1.54) is 0 Å². The molecule has 0 aliphatic carbocycles. The van der Waals surface area contributed by atoms with Crippen LogP contribution in [0.5, 0.6) is 5.75 Å². The van der Waals surface area contributed by atoms with Crippen molar-refractivity contribution >= 4 is 5.97 Å². The number of nitrogens with two attached hydrogens (primary N) is 1. The molecule has 0 radical (unpaired) electrons. The third kappa shape index (κ3) is 3.95. The maximum Gasteiger partial charge on any atom is 0.307 e. The summed E-state index contributed by atoms with van der Waals surface area (Å²) in [5, 5.41) is 8.72. The first-order chi connectivity index (χ1) is 9.63. The summed E-state index contributed by atoms with van der Waals surface area (Å²) < 4.78 is 11.2. The number of carboxylic acids is 1. The maximum atomic E-state index is 10.6. The number of benzene rings is 1. The smallest absolute Gasteiger partial charge is 0.307 e. The molecule has 1 aromatic carbocycles. The van der Waals surface area contributed by atoms with E-state index in [0.717, 1.165) is 37.4 Å². The number of rotatable bonds is 6. The van der Waals surface area contributed by atoms with Gasteiger partial charge in [-0.25, -0.2) is 0 Å². The van der Waals surface area contributed by atoms with E-state index in [1.54, 1.807) is 12.1 Å². The van der Waals surface area contributed by atoms with Crippen LogP contribution in [0.25, 0.3) is 0 Å². The fourth-order valence-corrected chi connectivity index (χ4v) is 2.33. The first kappa shape index (κ1) is 14.8. The van der Waals surface area contributed by atoms with Crippen molar-refractivity contribution in [3.63, 3.8) is 0 Å². The van der Waals surface area contributed by atoms with Gasteiger partial charge in [0.2, 0.25) is 0 Å². The molecule has 0 unspecified atom stereocenters. The molecule has 1 heterocycles. The van der Waals surface area contributed by atoms with Crippen molar-refractivity contribution in [2.75, 3.05) is 26.4 Å². The van der Waals surface area contributed by atoms with E-state index < -0.39 is 5.97 Å². The molecule has 1 saturated heterocycles. The summed E-state index contributed by atoms with van der Waals surface area (Å²) in [6.07, 6.45) is 1.87. The van der Waals surface area contributed by atoms with Gasteiger partial charge in [-0.3, -0.25) is 4.79 Å². The van der Waals surface area contributed by atoms with Gasteiger partial charge in [-0.15, -0.1) is 0 Å². The van der Waals surface area contributed by atoms with Crippen LogP contribution in [0.2, 0.25) is 0 Å². The van der Waals surface area contributed by atoms with Crippen LogP contribution in [-0.2, 0) is 16.0 Å². The summed E-state index contributed by atoms with van der Waals surface area (Å²) in [5.74, 6) is -0.0820. The van der Waals surface area contributed by atoms with Gasteiger partial charge in [-0.2, -0.15) is 0 Å². The van der Waals surface area contributed by atoms with E-state index in [-0.39, 0.29) is 11.8 Å². The molecule has 0 aromatic heterocycles. The molecule has 5 heteroatoms. The number of carboxylic acid groups (broad SMARTS) is 1. The summed E-state index contributed by atoms with van der Waals surface area (Å²) in [6, 6.07) is 7.18. The van der Waals surface area contributed by atoms with Gasteiger partial charge in [0.05, 0.1) is 13.0 Å². The monoisotopic (exact) mass is 279 g/mol. The second-order valence-corrected chi connectivity index (χ2v) is 5.32. The Morgan fingerprint density at radius 2 is 1.95 bits per heavy atom. The first-order valence-corrected chi connectivity index (χ1v) is 6.85. The normalized spacial score (nSPS) is 17.6. The Kier molecular flexibility index (Phi) is 4.98. The predicted molar refractivity (Wildman–Crippen MR) is 74.8 cm³/mol. The van der Waals surface area contributed by atoms with E-state index >= 15 is 0 Å². The molecule has 0 saturated carbocycles. The average Bonchev–Trinajstić information content (AvgIpc) is 2.47. The molecule has 2 rings (SSSR count). The summed E-state index contributed by atoms with van der Waals surface area (Å²) in [5.41, 5.74) is 6.65. The van der Waals surface area contributed by atoms with Gasteiger partial charge in [0.15, 0.2) is 0 Å². The molecule has 110 valence electrons. The predicted octanol–water partition coefficient (Wildman–Crippen LogP) is 1.45. The summed E-state index contributed by atoms with van der Waals surface area (Å²) in [4.78, 5) is 10.6. The highest BCUT2D eigenvalue weighted by Gasteiger charge is 2.32. The summed E-state index contributed by atoms with van der Waals surface area (Å²) in [7, 11) is 0. The Balaban J connectivity index is 1.91. The summed E-state index contributed by atoms with van der Waals surface area (Å²) >= 11 is 0. The first-order valence-electron chi connectivity index (χ1n) is 6.85. The van der Waals surface area contributed by atoms with Gasteiger partial charge >= 0.3 is 5.97 Å². The van der Waals surface area contributed by atoms with E-state index in [0.29, 0.717) is 13.2 Å². The maximum absolute atomic E-state index is 10.6. The SMILES string of the molecule is NCC1(COc2ccc(CC(=O)O)cc2)CCOCC1. The lowest BCUT2D eigenvalue weighted by molar-refractivity contribution is -0.136. The molecule has 20 heavy (non-hydrogen) atoms. The molecule has 0 spiro atoms. The van der Waals surface area contributed by atoms with Crippen molar-refractivity contribution in [3.8, 4) is 5.75 Å². The third-order valence-electron chi connectivity index (χ3n) is 3.81. The molecular formula is C15H21NO4. The van der Waals surface area contributed by atoms with Crippen LogP contribution < -0.4 is 10.5 Å². The molecular weight excluding hydrogens is 258 g/mol. The van der Waals surface area contributed by atoms with E-state index in [4.69, 9.17) is 20.3 Å². The average molecular weight is 279 g/mol. The van der Waals surface area contributed by atoms with Gasteiger partial charge in [0.25, 0.3) is 0 Å². The molecule has 1 aliphatic heterocycles. The fraction of sp³-hybridized carbons (Fsp3) is 0.533. The Hall–Kier alpha value is -1.59. The lowest BCUT2D eigenvalue weighted by atomic mass is 9.81. The second-order valence-electron chi connectivity index (χ2n) is 5.32. The Labute approximate surface area is 118 Å². The van der Waals surface area contributed by atoms with Gasteiger partial charge < -0.3 is 20.3 Å². The van der Waals surface area contributed by atoms with E-state index in [2.05, 4.69) is 0 Å². The van der Waals surface area contributed by atoms with Crippen molar-refractivity contribution in [2.24, 2.45) is 11.1 Å². The van der Waals surface area contributed by atoms with E-state index in [1.807, 2.05) is 12.1 Å². The van der Waals surface area contributed by atoms with E-state index in [9.17, 15) is 4.79 Å². The zero-order chi connectivity index (χ0) is 14.4. The molecule has 1 aliphatic rings. The quantitative estimate of drug-likeness (QED) is 0.823. The minimum atomic E-state index is -0.831. The van der Waals surface area contributed by atoms with Crippen molar-refractivity contribution in [1.82, 2.24) is 0 Å². The highest BCUT2D eigenvalue weighted by atomic mass is 16.5. The minimum absolute atomic E-state index is 0.00200. The van der Waals surface area contributed by atoms with Gasteiger partial charge in [-0.1, -0.05) is 12.1 Å². The number of ether oxygens (including phenoxy) is 2. The number of carbonyl (C=O) groups is 1. The fourth-order valence-electron chi connectivity index (χ4n) is 2.33. The van der Waals surface area contributed by atoms with Gasteiger partial charge in [0, 0.05) is 25.2 Å². The van der Waals surface area contributed by atoms with Crippen molar-refractivity contribution in [2.45, 2.75) is 19.3 Å². The van der Waals surface area contributed by atoms with Crippen molar-refractivity contribution in [3.05, 3.63) is 29.8 Å². The van der Waals surface area contributed by atoms with Gasteiger partial charge in [-0.05, 0) is 30.5 Å². The van der Waals surface area contributed by atoms with Gasteiger partial charge in [0.1, 0.15) is 5.75 Å². The minimum Gasteiger partial charge on any atom is -0.493 e. The van der Waals surface area contributed by atoms with Crippen LogP contribution >= 0.6 is 0 Å². The van der Waals surface area contributed by atoms with Crippen molar-refractivity contribution < 1.29 is 19.4 Å². The Morgan fingerprint density at radius 3 is 2.50 bits per heavy atom. The third-order valence-corrected chi connectivity index (χ3v) is 3.81. The topological polar surface area (TPSA) is 81.8 Å². The largest absolute Gasteiger partial charge is 0.493 e. The molecule has 3 N–H and O–H groups in total. The highest BCUT2D eigenvalue weighted by Crippen LogP contribution is 2.30. The number of hydrogen-bond acceptors (Lipinski definition) is 4. The standard InChI is InChI=1S/C15H21NO4/c16-10-15(5-7-19-8-6-15)11-20-13-3-1-12(2-4-13)9-14(17)18/h1-4H,5-11,16H2,(H,17,18). The van der Waals surface area contributed by atoms with Crippen molar-refractivity contribution in [1.29, 1.82) is 0 Å². The zero-order valence-electron chi connectivity index (χ0n) is 11.5. The summed E-state index contributed by atoms with van der Waals surface area (Å²) in [6.45, 7) is 2.63. The van der Waals surface area contributed by atoms with Crippen LogP contribution in [0.4, 0.5) is 0 Å². The molecule has 0 atom stereocenters. The lowest BCUT2D eigenvalue weighted by Crippen LogP contribution is -2.41. The Morgan fingerprint density at radius 1 is 1.30 bits per heavy atom. The Bertz CT molecular complexity index is 438. The van der Waals surface area contributed by atoms with Crippen LogP contribution in [-0.4, -0.2) is 37.4 Å². The second kappa shape index (κ2) is 6.72. The molecule has 0 bridgehead atoms. The zero-order valence-corrected chi connectivity index (χ0v) is 11.5. The van der Waals surface area contributed by atoms with Crippen LogP contribution in [0.1, 0.15) is 18.4 Å². The number of aliphatic carboxylic acids is 1. The lowest BCUT2D eigenvalue weighted by Gasteiger charge is -2.35.